The van der Waals surface area contributed by atoms with Gasteiger partial charge in [-0.1, -0.05) is 6.08 Å². The molecule has 0 aliphatic rings. The minimum absolute atomic E-state index is 0.249. The molecule has 0 spiro atoms. The van der Waals surface area contributed by atoms with Crippen molar-refractivity contribution in [3.8, 4) is 0 Å². The molecule has 96 valence electrons. The fourth-order valence-electron chi connectivity index (χ4n) is 1.34. The van der Waals surface area contributed by atoms with Crippen molar-refractivity contribution in [2.45, 2.75) is 25.7 Å². The number of hydrogen-bond donors (Lipinski definition) is 1. The molecule has 1 N–H and O–H groups in total. The van der Waals surface area contributed by atoms with E-state index in [-0.39, 0.29) is 5.75 Å². The second-order valence-electron chi connectivity index (χ2n) is 3.88. The maximum absolute atomic E-state index is 11.8. The molecule has 0 aromatic carbocycles. The van der Waals surface area contributed by atoms with Crippen molar-refractivity contribution in [3.63, 3.8) is 0 Å². The van der Waals surface area contributed by atoms with E-state index in [2.05, 4.69) is 11.9 Å². The first kappa shape index (κ1) is 15.6. The third-order valence-corrected chi connectivity index (χ3v) is 4.37. The van der Waals surface area contributed by atoms with Crippen molar-refractivity contribution in [1.29, 1.82) is 0 Å². The van der Waals surface area contributed by atoms with Crippen LogP contribution in [0, 0.1) is 0 Å². The van der Waals surface area contributed by atoms with Crippen LogP contribution in [-0.2, 0) is 10.0 Å². The van der Waals surface area contributed by atoms with Gasteiger partial charge in [0.2, 0.25) is 10.0 Å². The van der Waals surface area contributed by atoms with Crippen molar-refractivity contribution < 1.29 is 8.42 Å². The summed E-state index contributed by atoms with van der Waals surface area (Å²) in [4.78, 5) is 0. The Morgan fingerprint density at radius 2 is 2.00 bits per heavy atom. The molecule has 4 nitrogen and oxygen atoms in total. The number of unbranched alkanes of at least 4 members (excludes halogenated alkanes) is 2. The van der Waals surface area contributed by atoms with Crippen molar-refractivity contribution in [2.75, 3.05) is 32.9 Å². The topological polar surface area (TPSA) is 49.4 Å². The van der Waals surface area contributed by atoms with Gasteiger partial charge in [0, 0.05) is 13.6 Å². The summed E-state index contributed by atoms with van der Waals surface area (Å²) in [6, 6.07) is 0. The molecule has 0 fully saturated rings. The SMILES string of the molecule is C=CCCCN(C)S(=O)(=O)CCCCNC. The number of allylic oxidation sites excluding steroid dienone is 1. The average molecular weight is 248 g/mol. The smallest absolute Gasteiger partial charge is 0.213 e. The van der Waals surface area contributed by atoms with Gasteiger partial charge in [-0.25, -0.2) is 12.7 Å². The van der Waals surface area contributed by atoms with E-state index in [0.29, 0.717) is 6.54 Å². The highest BCUT2D eigenvalue weighted by molar-refractivity contribution is 7.89. The van der Waals surface area contributed by atoms with Crippen molar-refractivity contribution in [1.82, 2.24) is 9.62 Å². The Morgan fingerprint density at radius 3 is 2.56 bits per heavy atom. The Bertz CT molecular complexity index is 276. The summed E-state index contributed by atoms with van der Waals surface area (Å²) in [5, 5.41) is 3.01. The Morgan fingerprint density at radius 1 is 1.31 bits per heavy atom. The zero-order valence-electron chi connectivity index (χ0n) is 10.4. The lowest BCUT2D eigenvalue weighted by atomic mass is 10.3. The molecule has 0 unspecified atom stereocenters. The number of hydrogen-bond acceptors (Lipinski definition) is 3. The van der Waals surface area contributed by atoms with Gasteiger partial charge in [0.05, 0.1) is 5.75 Å². The van der Waals surface area contributed by atoms with Crippen LogP contribution in [0.3, 0.4) is 0 Å². The highest BCUT2D eigenvalue weighted by atomic mass is 32.2. The lowest BCUT2D eigenvalue weighted by Gasteiger charge is -2.16. The summed E-state index contributed by atoms with van der Waals surface area (Å²) < 4.78 is 25.0. The van der Waals surface area contributed by atoms with Crippen LogP contribution in [0.5, 0.6) is 0 Å². The van der Waals surface area contributed by atoms with E-state index >= 15 is 0 Å². The van der Waals surface area contributed by atoms with Crippen LogP contribution < -0.4 is 5.32 Å². The van der Waals surface area contributed by atoms with Crippen LogP contribution in [0.4, 0.5) is 0 Å². The van der Waals surface area contributed by atoms with Crippen LogP contribution in [0.15, 0.2) is 12.7 Å². The largest absolute Gasteiger partial charge is 0.320 e. The standard InChI is InChI=1S/C11H24N2O2S/c1-4-5-7-10-13(3)16(14,15)11-8-6-9-12-2/h4,12H,1,5-11H2,2-3H3. The second kappa shape index (κ2) is 8.73. The van der Waals surface area contributed by atoms with Crippen LogP contribution >= 0.6 is 0 Å². The number of nitrogens with zero attached hydrogens (tertiary/aromatic N) is 1. The van der Waals surface area contributed by atoms with Crippen molar-refractivity contribution in [2.24, 2.45) is 0 Å². The van der Waals surface area contributed by atoms with Crippen LogP contribution in [0.1, 0.15) is 25.7 Å². The molecule has 0 saturated heterocycles. The average Bonchev–Trinajstić information content (AvgIpc) is 2.24. The molecule has 5 heteroatoms. The lowest BCUT2D eigenvalue weighted by Crippen LogP contribution is -2.30. The van der Waals surface area contributed by atoms with Gasteiger partial charge in [-0.3, -0.25) is 0 Å². The van der Waals surface area contributed by atoms with Crippen molar-refractivity contribution in [3.05, 3.63) is 12.7 Å². The normalized spacial score (nSPS) is 11.9. The molecule has 0 rings (SSSR count). The summed E-state index contributed by atoms with van der Waals surface area (Å²) in [7, 11) is 0.470. The molecule has 0 aromatic rings. The van der Waals surface area contributed by atoms with E-state index in [4.69, 9.17) is 0 Å². The Labute approximate surface area is 99.8 Å². The Kier molecular flexibility index (Phi) is 8.51. The first-order valence-corrected chi connectivity index (χ1v) is 7.35. The third-order valence-electron chi connectivity index (χ3n) is 2.44. The van der Waals surface area contributed by atoms with Gasteiger partial charge in [0.15, 0.2) is 0 Å². The van der Waals surface area contributed by atoms with E-state index in [0.717, 1.165) is 32.2 Å². The molecular formula is C11H24N2O2S. The van der Waals surface area contributed by atoms with Gasteiger partial charge >= 0.3 is 0 Å². The monoisotopic (exact) mass is 248 g/mol. The molecule has 0 aromatic heterocycles. The van der Waals surface area contributed by atoms with Crippen molar-refractivity contribution >= 4 is 10.0 Å². The number of sulfonamides is 1. The van der Waals surface area contributed by atoms with E-state index in [9.17, 15) is 8.42 Å². The van der Waals surface area contributed by atoms with E-state index in [1.165, 1.54) is 4.31 Å². The molecule has 0 aliphatic carbocycles. The maximum atomic E-state index is 11.8. The minimum atomic E-state index is -3.05. The molecule has 0 bridgehead atoms. The van der Waals surface area contributed by atoms with Gasteiger partial charge in [-0.15, -0.1) is 6.58 Å². The molecule has 0 heterocycles. The zero-order valence-corrected chi connectivity index (χ0v) is 11.2. The lowest BCUT2D eigenvalue weighted by molar-refractivity contribution is 0.460. The molecule has 16 heavy (non-hydrogen) atoms. The molecule has 0 saturated carbocycles. The molecular weight excluding hydrogens is 224 g/mol. The third kappa shape index (κ3) is 6.98. The van der Waals surface area contributed by atoms with Gasteiger partial charge in [-0.2, -0.15) is 0 Å². The first-order valence-electron chi connectivity index (χ1n) is 5.74. The highest BCUT2D eigenvalue weighted by Gasteiger charge is 2.16. The van der Waals surface area contributed by atoms with E-state index < -0.39 is 10.0 Å². The summed E-state index contributed by atoms with van der Waals surface area (Å²) in [5.41, 5.74) is 0. The minimum Gasteiger partial charge on any atom is -0.320 e. The quantitative estimate of drug-likeness (QED) is 0.467. The van der Waals surface area contributed by atoms with Crippen LogP contribution in [0.25, 0.3) is 0 Å². The maximum Gasteiger partial charge on any atom is 0.213 e. The van der Waals surface area contributed by atoms with Crippen LogP contribution in [-0.4, -0.2) is 45.7 Å². The summed E-state index contributed by atoms with van der Waals surface area (Å²) in [5.74, 6) is 0.249. The fraction of sp³-hybridized carbons (Fsp3) is 0.818. The summed E-state index contributed by atoms with van der Waals surface area (Å²) in [6.45, 7) is 5.07. The molecule has 0 amide bonds. The molecule has 0 atom stereocenters. The number of nitrogens with one attached hydrogen (secondary N) is 1. The van der Waals surface area contributed by atoms with E-state index in [1.54, 1.807) is 7.05 Å². The predicted octanol–water partition coefficient (Wildman–Crippen LogP) is 1.21. The Balaban J connectivity index is 3.86. The fourth-order valence-corrected chi connectivity index (χ4v) is 2.63. The van der Waals surface area contributed by atoms with Gasteiger partial charge in [0.1, 0.15) is 0 Å². The second-order valence-corrected chi connectivity index (χ2v) is 6.07. The van der Waals surface area contributed by atoms with Gasteiger partial charge in [0.25, 0.3) is 0 Å². The summed E-state index contributed by atoms with van der Waals surface area (Å²) >= 11 is 0. The summed E-state index contributed by atoms with van der Waals surface area (Å²) in [6.07, 6.45) is 5.13. The van der Waals surface area contributed by atoms with Crippen LogP contribution in [0.2, 0.25) is 0 Å². The number of rotatable bonds is 10. The van der Waals surface area contributed by atoms with E-state index in [1.807, 2.05) is 13.1 Å². The van der Waals surface area contributed by atoms with Gasteiger partial charge in [-0.05, 0) is 39.3 Å². The zero-order chi connectivity index (χ0) is 12.4. The predicted molar refractivity (Wildman–Crippen MR) is 69.0 cm³/mol. The highest BCUT2D eigenvalue weighted by Crippen LogP contribution is 2.04. The molecule has 0 radical (unpaired) electrons. The van der Waals surface area contributed by atoms with Gasteiger partial charge < -0.3 is 5.32 Å². The first-order chi connectivity index (χ1) is 7.54. The Hall–Kier alpha value is -0.390. The molecule has 0 aliphatic heterocycles.